The van der Waals surface area contributed by atoms with Crippen molar-refractivity contribution < 1.29 is 8.42 Å². The standard InChI is InChI=1S/C18H17N3O2S/c1-14-5-3-6-17(11-14)21(10-4-9-19)24(22,23)18-12-16(13-20)8-7-15(18)2/h3,5-8,11-12H,4,10H2,1-2H3. The molecule has 0 bridgehead atoms. The molecule has 0 unspecified atom stereocenters. The highest BCUT2D eigenvalue weighted by Crippen LogP contribution is 2.27. The van der Waals surface area contributed by atoms with Gasteiger partial charge in [0.1, 0.15) is 0 Å². The summed E-state index contributed by atoms with van der Waals surface area (Å²) in [7, 11) is -3.88. The summed E-state index contributed by atoms with van der Waals surface area (Å²) in [5, 5.41) is 17.9. The molecule has 5 nitrogen and oxygen atoms in total. The zero-order chi connectivity index (χ0) is 17.7. The third-order valence-corrected chi connectivity index (χ3v) is 5.57. The van der Waals surface area contributed by atoms with Crippen molar-refractivity contribution in [2.24, 2.45) is 0 Å². The Kier molecular flexibility index (Phi) is 5.23. The van der Waals surface area contributed by atoms with Crippen LogP contribution in [-0.2, 0) is 10.0 Å². The Morgan fingerprint density at radius 1 is 1.08 bits per heavy atom. The monoisotopic (exact) mass is 339 g/mol. The van der Waals surface area contributed by atoms with Crippen LogP contribution in [0.25, 0.3) is 0 Å². The summed E-state index contributed by atoms with van der Waals surface area (Å²) >= 11 is 0. The van der Waals surface area contributed by atoms with Gasteiger partial charge in [-0.05, 0) is 49.2 Å². The van der Waals surface area contributed by atoms with E-state index >= 15 is 0 Å². The number of nitrogens with zero attached hydrogens (tertiary/aromatic N) is 3. The molecule has 0 amide bonds. The maximum absolute atomic E-state index is 13.1. The number of anilines is 1. The third kappa shape index (κ3) is 3.56. The smallest absolute Gasteiger partial charge is 0.264 e. The molecule has 0 aliphatic heterocycles. The van der Waals surface area contributed by atoms with Gasteiger partial charge >= 0.3 is 0 Å². The molecule has 0 aliphatic carbocycles. The molecular weight excluding hydrogens is 322 g/mol. The van der Waals surface area contributed by atoms with Gasteiger partial charge in [-0.25, -0.2) is 8.42 Å². The van der Waals surface area contributed by atoms with E-state index < -0.39 is 10.0 Å². The predicted octanol–water partition coefficient (Wildman–Crippen LogP) is 3.28. The van der Waals surface area contributed by atoms with Gasteiger partial charge in [0.2, 0.25) is 0 Å². The van der Waals surface area contributed by atoms with E-state index in [4.69, 9.17) is 10.5 Å². The lowest BCUT2D eigenvalue weighted by Gasteiger charge is -2.25. The average Bonchev–Trinajstić information content (AvgIpc) is 2.55. The molecular formula is C18H17N3O2S. The zero-order valence-electron chi connectivity index (χ0n) is 13.5. The lowest BCUT2D eigenvalue weighted by Crippen LogP contribution is -2.32. The van der Waals surface area contributed by atoms with E-state index in [0.717, 1.165) is 5.56 Å². The fourth-order valence-electron chi connectivity index (χ4n) is 2.39. The van der Waals surface area contributed by atoms with Gasteiger partial charge in [0.15, 0.2) is 0 Å². The Morgan fingerprint density at radius 2 is 1.83 bits per heavy atom. The number of nitriles is 2. The summed E-state index contributed by atoms with van der Waals surface area (Å²) in [6.07, 6.45) is 0.0736. The first-order chi connectivity index (χ1) is 11.4. The van der Waals surface area contributed by atoms with E-state index in [9.17, 15) is 8.42 Å². The molecule has 2 rings (SSSR count). The first-order valence-electron chi connectivity index (χ1n) is 7.37. The quantitative estimate of drug-likeness (QED) is 0.836. The Hall–Kier alpha value is -2.83. The fourth-order valence-corrected chi connectivity index (χ4v) is 4.10. The van der Waals surface area contributed by atoms with Crippen molar-refractivity contribution in [2.45, 2.75) is 25.2 Å². The SMILES string of the molecule is Cc1cccc(N(CCC#N)S(=O)(=O)c2cc(C#N)ccc2C)c1. The first kappa shape index (κ1) is 17.5. The van der Waals surface area contributed by atoms with E-state index in [1.165, 1.54) is 10.4 Å². The molecule has 0 saturated carbocycles. The molecule has 0 N–H and O–H groups in total. The lowest BCUT2D eigenvalue weighted by molar-refractivity contribution is 0.590. The molecule has 0 saturated heterocycles. The van der Waals surface area contributed by atoms with E-state index in [1.54, 1.807) is 37.3 Å². The molecule has 0 atom stereocenters. The Balaban J connectivity index is 2.61. The van der Waals surface area contributed by atoms with Gasteiger partial charge in [-0.1, -0.05) is 18.2 Å². The summed E-state index contributed by atoms with van der Waals surface area (Å²) < 4.78 is 27.5. The van der Waals surface area contributed by atoms with Crippen LogP contribution in [0.5, 0.6) is 0 Å². The molecule has 0 fully saturated rings. The summed E-state index contributed by atoms with van der Waals surface area (Å²) in [5.41, 5.74) is 2.27. The van der Waals surface area contributed by atoms with Crippen molar-refractivity contribution in [3.05, 3.63) is 59.2 Å². The molecule has 0 radical (unpaired) electrons. The Morgan fingerprint density at radius 3 is 2.46 bits per heavy atom. The van der Waals surface area contributed by atoms with Gasteiger partial charge in [-0.3, -0.25) is 4.31 Å². The highest BCUT2D eigenvalue weighted by Gasteiger charge is 2.26. The molecule has 0 spiro atoms. The lowest BCUT2D eigenvalue weighted by atomic mass is 10.2. The van der Waals surface area contributed by atoms with Gasteiger partial charge in [0.25, 0.3) is 10.0 Å². The van der Waals surface area contributed by atoms with Crippen LogP contribution >= 0.6 is 0 Å². The first-order valence-corrected chi connectivity index (χ1v) is 8.81. The van der Waals surface area contributed by atoms with Crippen molar-refractivity contribution >= 4 is 15.7 Å². The second kappa shape index (κ2) is 7.16. The zero-order valence-corrected chi connectivity index (χ0v) is 14.3. The molecule has 6 heteroatoms. The van der Waals surface area contributed by atoms with Crippen LogP contribution in [0.3, 0.4) is 0 Å². The van der Waals surface area contributed by atoms with Crippen LogP contribution in [0.1, 0.15) is 23.1 Å². The molecule has 122 valence electrons. The number of rotatable bonds is 5. The maximum atomic E-state index is 13.1. The number of hydrogen-bond acceptors (Lipinski definition) is 4. The fraction of sp³-hybridized carbons (Fsp3) is 0.222. The summed E-state index contributed by atoms with van der Waals surface area (Å²) in [5.74, 6) is 0. The Bertz CT molecular complexity index is 937. The van der Waals surface area contributed by atoms with Crippen LogP contribution in [0.15, 0.2) is 47.4 Å². The van der Waals surface area contributed by atoms with Crippen molar-refractivity contribution in [1.29, 1.82) is 10.5 Å². The van der Waals surface area contributed by atoms with Crippen LogP contribution in [0, 0.1) is 36.5 Å². The van der Waals surface area contributed by atoms with Gasteiger partial charge in [0, 0.05) is 6.54 Å². The molecule has 0 aliphatic rings. The number of sulfonamides is 1. The second-order valence-electron chi connectivity index (χ2n) is 5.42. The number of benzene rings is 2. The summed E-state index contributed by atoms with van der Waals surface area (Å²) in [4.78, 5) is 0.0843. The van der Waals surface area contributed by atoms with Crippen molar-refractivity contribution in [3.8, 4) is 12.1 Å². The minimum absolute atomic E-state index is 0.0541. The molecule has 2 aromatic rings. The summed E-state index contributed by atoms with van der Waals surface area (Å²) in [6, 6.07) is 15.6. The van der Waals surface area contributed by atoms with Gasteiger partial charge < -0.3 is 0 Å². The van der Waals surface area contributed by atoms with Crippen LogP contribution in [-0.4, -0.2) is 15.0 Å². The third-order valence-electron chi connectivity index (χ3n) is 3.60. The van der Waals surface area contributed by atoms with Crippen LogP contribution < -0.4 is 4.31 Å². The largest absolute Gasteiger partial charge is 0.265 e. The minimum Gasteiger partial charge on any atom is -0.265 e. The second-order valence-corrected chi connectivity index (χ2v) is 7.25. The van der Waals surface area contributed by atoms with E-state index in [2.05, 4.69) is 0 Å². The topological polar surface area (TPSA) is 85.0 Å². The number of aryl methyl sites for hydroxylation is 2. The van der Waals surface area contributed by atoms with Crippen molar-refractivity contribution in [3.63, 3.8) is 0 Å². The predicted molar refractivity (Wildman–Crippen MR) is 91.8 cm³/mol. The molecule has 0 aromatic heterocycles. The van der Waals surface area contributed by atoms with E-state index in [1.807, 2.05) is 25.1 Å². The van der Waals surface area contributed by atoms with Gasteiger partial charge in [0.05, 0.1) is 34.7 Å². The molecule has 24 heavy (non-hydrogen) atoms. The number of hydrogen-bond donors (Lipinski definition) is 0. The van der Waals surface area contributed by atoms with E-state index in [0.29, 0.717) is 11.3 Å². The molecule has 2 aromatic carbocycles. The maximum Gasteiger partial charge on any atom is 0.264 e. The van der Waals surface area contributed by atoms with Crippen molar-refractivity contribution in [2.75, 3.05) is 10.8 Å². The van der Waals surface area contributed by atoms with Crippen LogP contribution in [0.2, 0.25) is 0 Å². The minimum atomic E-state index is -3.88. The normalized spacial score (nSPS) is 10.7. The summed E-state index contributed by atoms with van der Waals surface area (Å²) in [6.45, 7) is 3.62. The highest BCUT2D eigenvalue weighted by atomic mass is 32.2. The molecule has 0 heterocycles. The van der Waals surface area contributed by atoms with Gasteiger partial charge in [-0.15, -0.1) is 0 Å². The Labute approximate surface area is 142 Å². The average molecular weight is 339 g/mol. The highest BCUT2D eigenvalue weighted by molar-refractivity contribution is 7.92. The van der Waals surface area contributed by atoms with E-state index in [-0.39, 0.29) is 23.4 Å². The van der Waals surface area contributed by atoms with Crippen LogP contribution in [0.4, 0.5) is 5.69 Å². The van der Waals surface area contributed by atoms with Crippen molar-refractivity contribution in [1.82, 2.24) is 0 Å². The van der Waals surface area contributed by atoms with Gasteiger partial charge in [-0.2, -0.15) is 10.5 Å².